The molecule has 1 aliphatic rings. The first-order valence-electron chi connectivity index (χ1n) is 13.2. The fourth-order valence-corrected chi connectivity index (χ4v) is 5.36. The summed E-state index contributed by atoms with van der Waals surface area (Å²) in [6, 6.07) is 27.0. The summed E-state index contributed by atoms with van der Waals surface area (Å²) in [4.78, 5) is 30.7. The van der Waals surface area contributed by atoms with Gasteiger partial charge in [0.1, 0.15) is 5.92 Å². The molecule has 1 heterocycles. The Bertz CT molecular complexity index is 1330. The normalized spacial score (nSPS) is 17.1. The summed E-state index contributed by atoms with van der Waals surface area (Å²) in [5.41, 5.74) is 9.27. The minimum absolute atomic E-state index is 0.000959. The van der Waals surface area contributed by atoms with Crippen molar-refractivity contribution in [1.82, 2.24) is 0 Å². The van der Waals surface area contributed by atoms with Crippen LogP contribution in [0.4, 0.5) is 0 Å². The molecule has 0 saturated carbocycles. The highest BCUT2D eigenvalue weighted by Crippen LogP contribution is 2.40. The van der Waals surface area contributed by atoms with E-state index in [1.807, 2.05) is 36.4 Å². The maximum atomic E-state index is 13.8. The highest BCUT2D eigenvalue weighted by molar-refractivity contribution is 6.30. The molecular formula is C32H33ClN2O5. The molecule has 0 amide bonds. The number of rotatable bonds is 12. The number of halogens is 1. The third kappa shape index (κ3) is 7.04. The van der Waals surface area contributed by atoms with Gasteiger partial charge in [-0.15, -0.1) is 0 Å². The summed E-state index contributed by atoms with van der Waals surface area (Å²) in [6.07, 6.45) is 0.540. The van der Waals surface area contributed by atoms with Crippen LogP contribution >= 0.6 is 11.6 Å². The van der Waals surface area contributed by atoms with E-state index in [4.69, 9.17) is 26.8 Å². The number of carboxylic acids is 1. The molecule has 40 heavy (non-hydrogen) atoms. The standard InChI is InChI=1S/C32H33ClN2O5/c1-21-28(31(36)37)29(24-13-8-14-25(33)19-24)30(27(35-21)20-39-18-16-34)32(38)40-17-15-26(22-9-4-2-5-10-22)23-11-6-3-7-12-23/h2-14,19,26,28-29H,15-18,20,34H2,1H3,(H,36,37). The predicted octanol–water partition coefficient (Wildman–Crippen LogP) is 5.59. The highest BCUT2D eigenvalue weighted by Gasteiger charge is 2.42. The quantitative estimate of drug-likeness (QED) is 0.220. The third-order valence-corrected chi connectivity index (χ3v) is 7.19. The van der Waals surface area contributed by atoms with Crippen LogP contribution in [0.3, 0.4) is 0 Å². The van der Waals surface area contributed by atoms with Crippen molar-refractivity contribution < 1.29 is 24.2 Å². The van der Waals surface area contributed by atoms with E-state index < -0.39 is 23.8 Å². The summed E-state index contributed by atoms with van der Waals surface area (Å²) in [6.45, 7) is 2.33. The number of carboxylic acid groups (broad SMARTS) is 1. The van der Waals surface area contributed by atoms with E-state index in [9.17, 15) is 14.7 Å². The fourth-order valence-electron chi connectivity index (χ4n) is 5.16. The van der Waals surface area contributed by atoms with Crippen molar-refractivity contribution >= 4 is 29.3 Å². The molecule has 2 atom stereocenters. The summed E-state index contributed by atoms with van der Waals surface area (Å²) in [7, 11) is 0. The van der Waals surface area contributed by atoms with Crippen LogP contribution in [0.2, 0.25) is 5.02 Å². The van der Waals surface area contributed by atoms with E-state index in [0.29, 0.717) is 35.0 Å². The summed E-state index contributed by atoms with van der Waals surface area (Å²) in [5, 5.41) is 10.6. The van der Waals surface area contributed by atoms with Gasteiger partial charge < -0.3 is 20.3 Å². The van der Waals surface area contributed by atoms with Crippen molar-refractivity contribution in [1.29, 1.82) is 0 Å². The number of ether oxygens (including phenoxy) is 2. The number of carbonyl (C=O) groups excluding carboxylic acids is 1. The number of hydrogen-bond donors (Lipinski definition) is 2. The molecule has 0 radical (unpaired) electrons. The van der Waals surface area contributed by atoms with Gasteiger partial charge >= 0.3 is 11.9 Å². The molecule has 2 unspecified atom stereocenters. The van der Waals surface area contributed by atoms with E-state index in [1.54, 1.807) is 31.2 Å². The van der Waals surface area contributed by atoms with Crippen molar-refractivity contribution in [2.24, 2.45) is 16.6 Å². The number of aliphatic carboxylic acids is 1. The zero-order valence-corrected chi connectivity index (χ0v) is 23.1. The van der Waals surface area contributed by atoms with Gasteiger partial charge in [0.2, 0.25) is 0 Å². The number of nitrogens with zero attached hydrogens (tertiary/aromatic N) is 1. The Kier molecular flexibility index (Phi) is 10.2. The molecule has 0 saturated heterocycles. The first kappa shape index (κ1) is 29.2. The average Bonchev–Trinajstić information content (AvgIpc) is 2.95. The van der Waals surface area contributed by atoms with E-state index in [2.05, 4.69) is 29.3 Å². The molecule has 208 valence electrons. The summed E-state index contributed by atoms with van der Waals surface area (Å²) < 4.78 is 11.5. The molecule has 0 fully saturated rings. The lowest BCUT2D eigenvalue weighted by Crippen LogP contribution is -2.36. The van der Waals surface area contributed by atoms with Gasteiger partial charge in [-0.2, -0.15) is 0 Å². The van der Waals surface area contributed by atoms with Gasteiger partial charge in [0.15, 0.2) is 0 Å². The number of nitrogens with two attached hydrogens (primary N) is 1. The molecule has 0 bridgehead atoms. The van der Waals surface area contributed by atoms with Gasteiger partial charge in [0.25, 0.3) is 0 Å². The third-order valence-electron chi connectivity index (χ3n) is 6.95. The van der Waals surface area contributed by atoms with Crippen molar-refractivity contribution in [2.75, 3.05) is 26.4 Å². The second kappa shape index (κ2) is 14.0. The molecule has 0 aliphatic carbocycles. The average molecular weight is 561 g/mol. The molecule has 3 aromatic carbocycles. The highest BCUT2D eigenvalue weighted by atomic mass is 35.5. The molecule has 8 heteroatoms. The van der Waals surface area contributed by atoms with Crippen molar-refractivity contribution in [2.45, 2.75) is 25.2 Å². The van der Waals surface area contributed by atoms with Crippen LogP contribution in [0.1, 0.15) is 41.9 Å². The van der Waals surface area contributed by atoms with E-state index in [1.165, 1.54) is 0 Å². The van der Waals surface area contributed by atoms with Gasteiger partial charge in [-0.05, 0) is 42.2 Å². The molecule has 7 nitrogen and oxygen atoms in total. The van der Waals surface area contributed by atoms with Crippen LogP contribution in [0.15, 0.2) is 101 Å². The van der Waals surface area contributed by atoms with Crippen LogP contribution in [0.5, 0.6) is 0 Å². The van der Waals surface area contributed by atoms with Crippen LogP contribution in [0.25, 0.3) is 0 Å². The van der Waals surface area contributed by atoms with Crippen LogP contribution in [-0.2, 0) is 19.1 Å². The van der Waals surface area contributed by atoms with Gasteiger partial charge in [-0.25, -0.2) is 4.79 Å². The van der Waals surface area contributed by atoms with E-state index in [-0.39, 0.29) is 31.3 Å². The van der Waals surface area contributed by atoms with E-state index in [0.717, 1.165) is 11.1 Å². The molecular weight excluding hydrogens is 528 g/mol. The van der Waals surface area contributed by atoms with Crippen molar-refractivity contribution in [3.8, 4) is 0 Å². The molecule has 1 aliphatic heterocycles. The Morgan fingerprint density at radius 3 is 2.20 bits per heavy atom. The SMILES string of the molecule is CC1=NC(COCCN)=C(C(=O)OCCC(c2ccccc2)c2ccccc2)C(c2cccc(Cl)c2)C1C(=O)O. The number of hydrogen-bond acceptors (Lipinski definition) is 6. The summed E-state index contributed by atoms with van der Waals surface area (Å²) in [5.74, 6) is -3.62. The zero-order chi connectivity index (χ0) is 28.5. The van der Waals surface area contributed by atoms with Crippen LogP contribution in [-0.4, -0.2) is 49.1 Å². The van der Waals surface area contributed by atoms with Crippen LogP contribution < -0.4 is 5.73 Å². The number of carbonyl (C=O) groups is 2. The Hall–Kier alpha value is -3.78. The lowest BCUT2D eigenvalue weighted by atomic mass is 9.75. The first-order valence-corrected chi connectivity index (χ1v) is 13.6. The smallest absolute Gasteiger partial charge is 0.336 e. The van der Waals surface area contributed by atoms with Crippen molar-refractivity contribution in [3.05, 3.63) is 118 Å². The topological polar surface area (TPSA) is 111 Å². The number of aliphatic imine (C=N–C) groups is 1. The monoisotopic (exact) mass is 560 g/mol. The number of benzene rings is 3. The Morgan fingerprint density at radius 1 is 0.975 bits per heavy atom. The minimum Gasteiger partial charge on any atom is -0.481 e. The van der Waals surface area contributed by atoms with Crippen LogP contribution in [0, 0.1) is 5.92 Å². The fraction of sp³-hybridized carbons (Fsp3) is 0.281. The Morgan fingerprint density at radius 2 is 1.62 bits per heavy atom. The molecule has 4 rings (SSSR count). The maximum absolute atomic E-state index is 13.8. The van der Waals surface area contributed by atoms with Gasteiger partial charge in [-0.1, -0.05) is 84.4 Å². The zero-order valence-electron chi connectivity index (χ0n) is 22.3. The van der Waals surface area contributed by atoms with E-state index >= 15 is 0 Å². The van der Waals surface area contributed by atoms with Crippen molar-refractivity contribution in [3.63, 3.8) is 0 Å². The first-order chi connectivity index (χ1) is 19.4. The lowest BCUT2D eigenvalue weighted by Gasteiger charge is -2.31. The summed E-state index contributed by atoms with van der Waals surface area (Å²) >= 11 is 6.28. The minimum atomic E-state index is -1.09. The second-order valence-corrected chi connectivity index (χ2v) is 10.0. The molecule has 3 aromatic rings. The second-order valence-electron chi connectivity index (χ2n) is 9.60. The predicted molar refractivity (Wildman–Crippen MR) is 156 cm³/mol. The Balaban J connectivity index is 1.66. The molecule has 0 spiro atoms. The molecule has 3 N–H and O–H groups in total. The number of esters is 1. The van der Waals surface area contributed by atoms with Gasteiger partial charge in [0, 0.05) is 29.1 Å². The largest absolute Gasteiger partial charge is 0.481 e. The van der Waals surface area contributed by atoms with Gasteiger partial charge in [0.05, 0.1) is 31.1 Å². The Labute approximate surface area is 239 Å². The lowest BCUT2D eigenvalue weighted by molar-refractivity contribution is -0.141. The molecule has 0 aromatic heterocycles. The maximum Gasteiger partial charge on any atom is 0.336 e. The van der Waals surface area contributed by atoms with Gasteiger partial charge in [-0.3, -0.25) is 9.79 Å².